The van der Waals surface area contributed by atoms with Crippen molar-refractivity contribution >= 4 is 23.9 Å². The van der Waals surface area contributed by atoms with Crippen molar-refractivity contribution in [2.24, 2.45) is 71.0 Å². The van der Waals surface area contributed by atoms with Crippen LogP contribution in [-0.2, 0) is 33.4 Å². The zero-order chi connectivity index (χ0) is 31.0. The van der Waals surface area contributed by atoms with Crippen molar-refractivity contribution in [3.8, 4) is 0 Å². The molecule has 0 aromatic rings. The molecule has 1 saturated heterocycles. The summed E-state index contributed by atoms with van der Waals surface area (Å²) < 4.78 is 56.2. The van der Waals surface area contributed by atoms with Gasteiger partial charge in [0.25, 0.3) is 0 Å². The summed E-state index contributed by atoms with van der Waals surface area (Å²) in [4.78, 5) is 52.8. The van der Waals surface area contributed by atoms with E-state index in [0.717, 1.165) is 51.9 Å². The molecule has 43 heavy (non-hydrogen) atoms. The first-order chi connectivity index (χ1) is 20.2. The van der Waals surface area contributed by atoms with Crippen molar-refractivity contribution in [1.82, 2.24) is 0 Å². The molecule has 240 valence electrons. The average molecular weight is 611 g/mol. The third-order valence-electron chi connectivity index (χ3n) is 12.8. The maximum absolute atomic E-state index is 13.5. The molecule has 0 N–H and O–H groups in total. The predicted octanol–water partition coefficient (Wildman–Crippen LogP) is 6.27. The molecule has 7 nitrogen and oxygen atoms in total. The van der Waals surface area contributed by atoms with Crippen LogP contribution in [0.1, 0.15) is 91.9 Å². The summed E-state index contributed by atoms with van der Waals surface area (Å²) in [7, 11) is 0. The molecule has 6 saturated carbocycles. The summed E-state index contributed by atoms with van der Waals surface area (Å²) in [5.74, 6) is -3.91. The molecule has 7 fully saturated rings. The largest absolute Gasteiger partial charge is 0.459 e. The van der Waals surface area contributed by atoms with Gasteiger partial charge in [0.05, 0.1) is 23.7 Å². The van der Waals surface area contributed by atoms with Gasteiger partial charge < -0.3 is 14.2 Å². The number of esters is 4. The van der Waals surface area contributed by atoms with Crippen molar-refractivity contribution in [3.05, 3.63) is 0 Å². The summed E-state index contributed by atoms with van der Waals surface area (Å²) in [5.41, 5.74) is -0.593. The van der Waals surface area contributed by atoms with Crippen LogP contribution in [0.4, 0.5) is 13.2 Å². The van der Waals surface area contributed by atoms with Gasteiger partial charge in [0.15, 0.2) is 6.10 Å². The maximum atomic E-state index is 13.5. The second-order valence-corrected chi connectivity index (χ2v) is 15.2. The van der Waals surface area contributed by atoms with Gasteiger partial charge in [0.1, 0.15) is 5.60 Å². The average Bonchev–Trinajstić information content (AvgIpc) is 3.59. The maximum Gasteiger partial charge on any atom is 0.425 e. The molecule has 7 rings (SSSR count). The standard InChI is InChI=1S/C33H45F3O7/c1-15(28(37)43-32(4)23-9-18-8-19(11-23)12-24(32)10-18)7-22(29(38)41-17(3)33(34,35)36)14-25-27(31(40)42-30(25)39)26-16(2)20-5-6-21(26)13-20/h15-27H,5-14H2,1-4H3. The monoisotopic (exact) mass is 610 g/mol. The lowest BCUT2D eigenvalue weighted by Crippen LogP contribution is -2.58. The summed E-state index contributed by atoms with van der Waals surface area (Å²) in [6, 6.07) is 0. The minimum Gasteiger partial charge on any atom is -0.459 e. The SMILES string of the molecule is CC(CC(CC1C(=O)OC(=O)C1C1C2CCC(C2)C1C)C(=O)OC(C)C(F)(F)F)C(=O)OC1(C)C2CC3CC(C2)CC1C3. The number of hydrogen-bond acceptors (Lipinski definition) is 7. The molecule has 10 heteroatoms. The van der Waals surface area contributed by atoms with Crippen LogP contribution in [0.2, 0.25) is 0 Å². The normalized spacial score (nSPS) is 43.4. The smallest absolute Gasteiger partial charge is 0.425 e. The van der Waals surface area contributed by atoms with Gasteiger partial charge in [-0.05, 0) is 125 Å². The molecule has 0 spiro atoms. The molecule has 9 atom stereocenters. The van der Waals surface area contributed by atoms with Crippen LogP contribution in [-0.4, -0.2) is 41.8 Å². The fraction of sp³-hybridized carbons (Fsp3) is 0.879. The third-order valence-corrected chi connectivity index (χ3v) is 12.8. The highest BCUT2D eigenvalue weighted by Gasteiger charge is 2.59. The van der Waals surface area contributed by atoms with E-state index in [4.69, 9.17) is 14.2 Å². The van der Waals surface area contributed by atoms with Gasteiger partial charge in [-0.3, -0.25) is 19.2 Å². The fourth-order valence-electron chi connectivity index (χ4n) is 10.5. The molecule has 7 aliphatic rings. The van der Waals surface area contributed by atoms with Gasteiger partial charge in [-0.25, -0.2) is 0 Å². The van der Waals surface area contributed by atoms with Crippen LogP contribution in [0.25, 0.3) is 0 Å². The number of ether oxygens (including phenoxy) is 3. The lowest BCUT2D eigenvalue weighted by Gasteiger charge is -2.59. The van der Waals surface area contributed by atoms with E-state index in [1.165, 1.54) is 6.42 Å². The van der Waals surface area contributed by atoms with Crippen molar-refractivity contribution in [2.75, 3.05) is 0 Å². The van der Waals surface area contributed by atoms with Crippen LogP contribution >= 0.6 is 0 Å². The summed E-state index contributed by atoms with van der Waals surface area (Å²) >= 11 is 0. The van der Waals surface area contributed by atoms with E-state index in [1.54, 1.807) is 6.92 Å². The third kappa shape index (κ3) is 5.51. The lowest BCUT2D eigenvalue weighted by atomic mass is 9.50. The molecule has 9 unspecified atom stereocenters. The summed E-state index contributed by atoms with van der Waals surface area (Å²) in [6.07, 6.45) is 0.964. The van der Waals surface area contributed by atoms with Gasteiger partial charge in [-0.1, -0.05) is 13.8 Å². The van der Waals surface area contributed by atoms with E-state index in [0.29, 0.717) is 17.8 Å². The number of carbonyl (C=O) groups is 4. The van der Waals surface area contributed by atoms with Crippen LogP contribution in [0.15, 0.2) is 0 Å². The van der Waals surface area contributed by atoms with Gasteiger partial charge in [-0.15, -0.1) is 0 Å². The molecular weight excluding hydrogens is 565 g/mol. The quantitative estimate of drug-likeness (QED) is 0.173. The zero-order valence-corrected chi connectivity index (χ0v) is 25.6. The van der Waals surface area contributed by atoms with Crippen LogP contribution in [0, 0.1) is 71.0 Å². The molecule has 1 aliphatic heterocycles. The Hall–Kier alpha value is -2.13. The van der Waals surface area contributed by atoms with E-state index in [1.807, 2.05) is 6.92 Å². The lowest BCUT2D eigenvalue weighted by molar-refractivity contribution is -0.219. The van der Waals surface area contributed by atoms with Crippen molar-refractivity contribution in [1.29, 1.82) is 0 Å². The molecule has 0 amide bonds. The summed E-state index contributed by atoms with van der Waals surface area (Å²) in [6.45, 7) is 6.47. The number of fused-ring (bicyclic) bond motifs is 2. The number of carbonyl (C=O) groups excluding carboxylic acids is 4. The van der Waals surface area contributed by atoms with E-state index in [9.17, 15) is 32.3 Å². The van der Waals surface area contributed by atoms with Crippen LogP contribution in [0.5, 0.6) is 0 Å². The topological polar surface area (TPSA) is 96.0 Å². The Kier molecular flexibility index (Phi) is 7.93. The van der Waals surface area contributed by atoms with Gasteiger partial charge in [-0.2, -0.15) is 13.2 Å². The van der Waals surface area contributed by atoms with Crippen molar-refractivity contribution < 1.29 is 46.6 Å². The Labute approximate surface area is 251 Å². The number of cyclic esters (lactones) is 2. The number of rotatable bonds is 9. The van der Waals surface area contributed by atoms with Crippen LogP contribution < -0.4 is 0 Å². The Morgan fingerprint density at radius 3 is 2.09 bits per heavy atom. The highest BCUT2D eigenvalue weighted by molar-refractivity contribution is 5.97. The summed E-state index contributed by atoms with van der Waals surface area (Å²) in [5, 5.41) is 0. The fourth-order valence-corrected chi connectivity index (χ4v) is 10.5. The molecule has 0 radical (unpaired) electrons. The molecular formula is C33H45F3O7. The van der Waals surface area contributed by atoms with Gasteiger partial charge in [0, 0.05) is 0 Å². The van der Waals surface area contributed by atoms with E-state index < -0.39 is 65.4 Å². The second kappa shape index (κ2) is 11.0. The Balaban J connectivity index is 1.19. The van der Waals surface area contributed by atoms with E-state index in [-0.39, 0.29) is 42.4 Å². The first-order valence-corrected chi connectivity index (χ1v) is 16.4. The molecule has 0 aromatic heterocycles. The first kappa shape index (κ1) is 30.9. The van der Waals surface area contributed by atoms with Crippen molar-refractivity contribution in [2.45, 2.75) is 110 Å². The predicted molar refractivity (Wildman–Crippen MR) is 147 cm³/mol. The number of halogens is 3. The number of alkyl halides is 3. The second-order valence-electron chi connectivity index (χ2n) is 15.2. The highest BCUT2D eigenvalue weighted by atomic mass is 19.4. The molecule has 6 aliphatic carbocycles. The van der Waals surface area contributed by atoms with Crippen LogP contribution in [0.3, 0.4) is 0 Å². The van der Waals surface area contributed by atoms with Crippen molar-refractivity contribution in [3.63, 3.8) is 0 Å². The molecule has 6 bridgehead atoms. The Morgan fingerprint density at radius 1 is 0.930 bits per heavy atom. The zero-order valence-electron chi connectivity index (χ0n) is 25.6. The minimum absolute atomic E-state index is 0.0762. The number of hydrogen-bond donors (Lipinski definition) is 0. The highest BCUT2D eigenvalue weighted by Crippen LogP contribution is 2.60. The molecule has 0 aromatic carbocycles. The Bertz CT molecular complexity index is 1120. The minimum atomic E-state index is -4.76. The van der Waals surface area contributed by atoms with Gasteiger partial charge >= 0.3 is 30.1 Å². The van der Waals surface area contributed by atoms with E-state index in [2.05, 4.69) is 6.92 Å². The van der Waals surface area contributed by atoms with Gasteiger partial charge in [0.2, 0.25) is 0 Å². The first-order valence-electron chi connectivity index (χ1n) is 16.4. The Morgan fingerprint density at radius 2 is 1.53 bits per heavy atom. The van der Waals surface area contributed by atoms with E-state index >= 15 is 0 Å². The molecule has 1 heterocycles.